The van der Waals surface area contributed by atoms with Gasteiger partial charge in [0, 0.05) is 23.0 Å². The highest BCUT2D eigenvalue weighted by Gasteiger charge is 2.12. The van der Waals surface area contributed by atoms with Crippen molar-refractivity contribution in [1.29, 1.82) is 0 Å². The molecule has 0 aromatic heterocycles. The van der Waals surface area contributed by atoms with Gasteiger partial charge in [-0.1, -0.05) is 19.9 Å². The smallest absolute Gasteiger partial charge is 0.228 e. The van der Waals surface area contributed by atoms with E-state index in [1.807, 2.05) is 44.4 Å². The highest BCUT2D eigenvalue weighted by atomic mass is 32.2. The van der Waals surface area contributed by atoms with E-state index in [0.29, 0.717) is 6.54 Å². The van der Waals surface area contributed by atoms with Crippen LogP contribution in [0.4, 0.5) is 5.69 Å². The van der Waals surface area contributed by atoms with Gasteiger partial charge in [0.2, 0.25) is 5.91 Å². The molecule has 3 nitrogen and oxygen atoms in total. The van der Waals surface area contributed by atoms with E-state index >= 15 is 0 Å². The SMILES string of the molecule is CCNCC(C)C(=O)Nc1cccc(SC)c1. The van der Waals surface area contributed by atoms with Crippen LogP contribution in [0.25, 0.3) is 0 Å². The van der Waals surface area contributed by atoms with Crippen LogP contribution in [0.2, 0.25) is 0 Å². The molecule has 2 N–H and O–H groups in total. The number of hydrogen-bond acceptors (Lipinski definition) is 3. The van der Waals surface area contributed by atoms with Gasteiger partial charge < -0.3 is 10.6 Å². The number of thioether (sulfide) groups is 1. The number of rotatable bonds is 6. The van der Waals surface area contributed by atoms with Crippen molar-refractivity contribution in [3.63, 3.8) is 0 Å². The molecule has 0 saturated heterocycles. The summed E-state index contributed by atoms with van der Waals surface area (Å²) in [5.74, 6) is 0.0390. The van der Waals surface area contributed by atoms with E-state index in [2.05, 4.69) is 10.6 Å². The summed E-state index contributed by atoms with van der Waals surface area (Å²) in [6, 6.07) is 7.89. The van der Waals surface area contributed by atoms with E-state index in [0.717, 1.165) is 17.1 Å². The molecule has 0 aliphatic carbocycles. The van der Waals surface area contributed by atoms with Crippen LogP contribution >= 0.6 is 11.8 Å². The second kappa shape index (κ2) is 7.35. The van der Waals surface area contributed by atoms with Crippen LogP contribution in [0.15, 0.2) is 29.2 Å². The number of hydrogen-bond donors (Lipinski definition) is 2. The van der Waals surface area contributed by atoms with Crippen LogP contribution in [-0.2, 0) is 4.79 Å². The molecule has 1 atom stereocenters. The molecule has 94 valence electrons. The molecule has 0 fully saturated rings. The van der Waals surface area contributed by atoms with Crippen LogP contribution in [0.3, 0.4) is 0 Å². The summed E-state index contributed by atoms with van der Waals surface area (Å²) in [5.41, 5.74) is 0.866. The van der Waals surface area contributed by atoms with Crippen LogP contribution in [-0.4, -0.2) is 25.3 Å². The number of amides is 1. The van der Waals surface area contributed by atoms with Crippen LogP contribution in [0, 0.1) is 5.92 Å². The van der Waals surface area contributed by atoms with Gasteiger partial charge in [0.1, 0.15) is 0 Å². The maximum Gasteiger partial charge on any atom is 0.228 e. The predicted molar refractivity (Wildman–Crippen MR) is 74.6 cm³/mol. The fourth-order valence-corrected chi connectivity index (χ4v) is 1.88. The molecule has 1 unspecified atom stereocenters. The molecule has 4 heteroatoms. The van der Waals surface area contributed by atoms with Gasteiger partial charge in [0.05, 0.1) is 0 Å². The van der Waals surface area contributed by atoms with Crippen LogP contribution in [0.5, 0.6) is 0 Å². The standard InChI is InChI=1S/C13H20N2OS/c1-4-14-9-10(2)13(16)15-11-6-5-7-12(8-11)17-3/h5-8,10,14H,4,9H2,1-3H3,(H,15,16). The summed E-state index contributed by atoms with van der Waals surface area (Å²) < 4.78 is 0. The molecule has 1 aromatic carbocycles. The lowest BCUT2D eigenvalue weighted by atomic mass is 10.1. The Kier molecular flexibility index (Phi) is 6.08. The zero-order valence-electron chi connectivity index (χ0n) is 10.6. The number of carbonyl (C=O) groups excluding carboxylic acids is 1. The summed E-state index contributed by atoms with van der Waals surface area (Å²) >= 11 is 1.67. The molecule has 0 aliphatic rings. The molecular weight excluding hydrogens is 232 g/mol. The molecule has 1 aromatic rings. The molecule has 0 spiro atoms. The van der Waals surface area contributed by atoms with E-state index in [1.54, 1.807) is 11.8 Å². The lowest BCUT2D eigenvalue weighted by molar-refractivity contribution is -0.119. The normalized spacial score (nSPS) is 12.2. The van der Waals surface area contributed by atoms with E-state index in [9.17, 15) is 4.79 Å². The summed E-state index contributed by atoms with van der Waals surface area (Å²) in [7, 11) is 0. The Morgan fingerprint density at radius 1 is 1.47 bits per heavy atom. The third-order valence-electron chi connectivity index (χ3n) is 2.49. The van der Waals surface area contributed by atoms with Gasteiger partial charge in [-0.15, -0.1) is 11.8 Å². The van der Waals surface area contributed by atoms with Gasteiger partial charge in [0.25, 0.3) is 0 Å². The Morgan fingerprint density at radius 3 is 2.88 bits per heavy atom. The van der Waals surface area contributed by atoms with E-state index in [4.69, 9.17) is 0 Å². The number of nitrogens with one attached hydrogen (secondary N) is 2. The Morgan fingerprint density at radius 2 is 2.24 bits per heavy atom. The molecule has 0 heterocycles. The summed E-state index contributed by atoms with van der Waals surface area (Å²) in [6.45, 7) is 5.56. The van der Waals surface area contributed by atoms with E-state index in [1.165, 1.54) is 0 Å². The van der Waals surface area contributed by atoms with Crippen molar-refractivity contribution in [1.82, 2.24) is 5.32 Å². The maximum absolute atomic E-state index is 11.9. The molecule has 17 heavy (non-hydrogen) atoms. The van der Waals surface area contributed by atoms with Crippen LogP contribution < -0.4 is 10.6 Å². The Labute approximate surface area is 107 Å². The van der Waals surface area contributed by atoms with Gasteiger partial charge >= 0.3 is 0 Å². The summed E-state index contributed by atoms with van der Waals surface area (Å²) in [6.07, 6.45) is 2.02. The average Bonchev–Trinajstić information content (AvgIpc) is 2.36. The summed E-state index contributed by atoms with van der Waals surface area (Å²) in [5, 5.41) is 6.11. The topological polar surface area (TPSA) is 41.1 Å². The zero-order valence-corrected chi connectivity index (χ0v) is 11.4. The molecule has 1 amide bonds. The van der Waals surface area contributed by atoms with Crippen LogP contribution in [0.1, 0.15) is 13.8 Å². The third-order valence-corrected chi connectivity index (χ3v) is 3.21. The molecular formula is C13H20N2OS. The molecule has 1 rings (SSSR count). The number of anilines is 1. The number of benzene rings is 1. The largest absolute Gasteiger partial charge is 0.326 e. The minimum atomic E-state index is -0.0205. The van der Waals surface area contributed by atoms with Crippen molar-refractivity contribution in [3.05, 3.63) is 24.3 Å². The highest BCUT2D eigenvalue weighted by molar-refractivity contribution is 7.98. The summed E-state index contributed by atoms with van der Waals surface area (Å²) in [4.78, 5) is 13.0. The van der Waals surface area contributed by atoms with Gasteiger partial charge in [0.15, 0.2) is 0 Å². The van der Waals surface area contributed by atoms with Gasteiger partial charge in [-0.05, 0) is 31.0 Å². The molecule has 0 saturated carbocycles. The zero-order chi connectivity index (χ0) is 12.7. The number of carbonyl (C=O) groups is 1. The van der Waals surface area contributed by atoms with Crippen molar-refractivity contribution in [3.8, 4) is 0 Å². The Balaban J connectivity index is 2.54. The molecule has 0 radical (unpaired) electrons. The first-order valence-corrected chi connectivity index (χ1v) is 7.05. The predicted octanol–water partition coefficient (Wildman–Crippen LogP) is 2.59. The van der Waals surface area contributed by atoms with Crippen molar-refractivity contribution >= 4 is 23.4 Å². The second-order valence-corrected chi connectivity index (χ2v) is 4.81. The lowest BCUT2D eigenvalue weighted by Gasteiger charge is -2.12. The minimum Gasteiger partial charge on any atom is -0.326 e. The lowest BCUT2D eigenvalue weighted by Crippen LogP contribution is -2.30. The average molecular weight is 252 g/mol. The maximum atomic E-state index is 11.9. The third kappa shape index (κ3) is 4.79. The fraction of sp³-hybridized carbons (Fsp3) is 0.462. The van der Waals surface area contributed by atoms with Crippen molar-refractivity contribution in [2.75, 3.05) is 24.7 Å². The van der Waals surface area contributed by atoms with Gasteiger partial charge in [-0.25, -0.2) is 0 Å². The van der Waals surface area contributed by atoms with Crippen molar-refractivity contribution in [2.24, 2.45) is 5.92 Å². The Bertz CT molecular complexity index is 368. The quantitative estimate of drug-likeness (QED) is 0.765. The van der Waals surface area contributed by atoms with E-state index in [-0.39, 0.29) is 11.8 Å². The van der Waals surface area contributed by atoms with E-state index < -0.39 is 0 Å². The van der Waals surface area contributed by atoms with Crippen molar-refractivity contribution in [2.45, 2.75) is 18.7 Å². The van der Waals surface area contributed by atoms with Gasteiger partial charge in [-0.3, -0.25) is 4.79 Å². The second-order valence-electron chi connectivity index (χ2n) is 3.93. The first-order chi connectivity index (χ1) is 8.17. The fourth-order valence-electron chi connectivity index (χ4n) is 1.42. The Hall–Kier alpha value is -1.00. The molecule has 0 aliphatic heterocycles. The first-order valence-electron chi connectivity index (χ1n) is 5.83. The van der Waals surface area contributed by atoms with Crippen molar-refractivity contribution < 1.29 is 4.79 Å². The molecule has 0 bridgehead atoms. The monoisotopic (exact) mass is 252 g/mol. The first kappa shape index (κ1) is 14.1. The van der Waals surface area contributed by atoms with Gasteiger partial charge in [-0.2, -0.15) is 0 Å². The minimum absolute atomic E-state index is 0.0205. The highest BCUT2D eigenvalue weighted by Crippen LogP contribution is 2.19.